The van der Waals surface area contributed by atoms with E-state index in [1.807, 2.05) is 11.9 Å². The number of nitrogens with zero attached hydrogens (tertiary/aromatic N) is 2. The molecule has 2 aliphatic rings. The second-order valence-corrected chi connectivity index (χ2v) is 9.34. The van der Waals surface area contributed by atoms with Gasteiger partial charge in [0.1, 0.15) is 0 Å². The molecular formula is C21H27N3OS. The van der Waals surface area contributed by atoms with Crippen molar-refractivity contribution in [2.24, 2.45) is 0 Å². The van der Waals surface area contributed by atoms with Crippen LogP contribution in [-0.4, -0.2) is 42.4 Å². The molecule has 2 heterocycles. The van der Waals surface area contributed by atoms with E-state index in [4.69, 9.17) is 4.74 Å². The highest BCUT2D eigenvalue weighted by Gasteiger charge is 2.22. The molecule has 2 aromatic carbocycles. The van der Waals surface area contributed by atoms with E-state index in [2.05, 4.69) is 78.7 Å². The molecule has 4 rings (SSSR count). The molecule has 0 saturated carbocycles. The zero-order chi connectivity index (χ0) is 18.3. The monoisotopic (exact) mass is 369 g/mol. The molecule has 0 amide bonds. The Hall–Kier alpha value is -1.69. The predicted octanol–water partition coefficient (Wildman–Crippen LogP) is 5.09. The molecule has 138 valence electrons. The lowest BCUT2D eigenvalue weighted by Crippen LogP contribution is -2.40. The van der Waals surface area contributed by atoms with Crippen LogP contribution >= 0.6 is 11.9 Å². The number of benzene rings is 2. The van der Waals surface area contributed by atoms with Crippen LogP contribution in [0.4, 0.5) is 11.4 Å². The number of hydrogen-bond donors (Lipinski definition) is 1. The van der Waals surface area contributed by atoms with Gasteiger partial charge in [0.25, 0.3) is 0 Å². The summed E-state index contributed by atoms with van der Waals surface area (Å²) in [5.41, 5.74) is 3.51. The first-order valence-electron chi connectivity index (χ1n) is 9.23. The molecule has 2 aliphatic heterocycles. The van der Waals surface area contributed by atoms with E-state index in [0.29, 0.717) is 0 Å². The van der Waals surface area contributed by atoms with Crippen LogP contribution in [0.25, 0.3) is 0 Å². The van der Waals surface area contributed by atoms with E-state index < -0.39 is 0 Å². The van der Waals surface area contributed by atoms with Crippen LogP contribution in [0.1, 0.15) is 26.3 Å². The average Bonchev–Trinajstić information content (AvgIpc) is 2.60. The van der Waals surface area contributed by atoms with Crippen molar-refractivity contribution in [3.05, 3.63) is 42.0 Å². The lowest BCUT2D eigenvalue weighted by Gasteiger charge is -2.31. The Balaban J connectivity index is 1.51. The minimum Gasteiger partial charge on any atom is -0.453 e. The number of ether oxygens (including phenoxy) is 1. The SMILES string of the molecule is CN1CCN(Sc2ccc3c(c2)Oc2ccc(C(C)(C)C)cc2N3)CC1. The van der Waals surface area contributed by atoms with Gasteiger partial charge in [-0.15, -0.1) is 0 Å². The molecular weight excluding hydrogens is 342 g/mol. The quantitative estimate of drug-likeness (QED) is 0.635. The van der Waals surface area contributed by atoms with Crippen LogP contribution in [0.15, 0.2) is 41.3 Å². The summed E-state index contributed by atoms with van der Waals surface area (Å²) in [7, 11) is 2.18. The normalized spacial score (nSPS) is 17.8. The number of anilines is 2. The molecule has 2 aromatic rings. The predicted molar refractivity (Wildman–Crippen MR) is 110 cm³/mol. The van der Waals surface area contributed by atoms with Crippen molar-refractivity contribution in [3.63, 3.8) is 0 Å². The second kappa shape index (κ2) is 6.80. The summed E-state index contributed by atoms with van der Waals surface area (Å²) in [6.45, 7) is 11.1. The van der Waals surface area contributed by atoms with E-state index in [0.717, 1.165) is 49.1 Å². The number of fused-ring (bicyclic) bond motifs is 2. The van der Waals surface area contributed by atoms with Gasteiger partial charge in [-0.3, -0.25) is 0 Å². The third kappa shape index (κ3) is 3.70. The van der Waals surface area contributed by atoms with Gasteiger partial charge < -0.3 is 15.0 Å². The highest BCUT2D eigenvalue weighted by Crippen LogP contribution is 2.45. The van der Waals surface area contributed by atoms with Crippen LogP contribution < -0.4 is 10.1 Å². The van der Waals surface area contributed by atoms with E-state index in [1.165, 1.54) is 10.5 Å². The van der Waals surface area contributed by atoms with E-state index in [-0.39, 0.29) is 5.41 Å². The Morgan fingerprint density at radius 1 is 0.923 bits per heavy atom. The van der Waals surface area contributed by atoms with Gasteiger partial charge >= 0.3 is 0 Å². The first-order chi connectivity index (χ1) is 12.4. The summed E-state index contributed by atoms with van der Waals surface area (Å²) in [6, 6.07) is 12.9. The van der Waals surface area contributed by atoms with Crippen molar-refractivity contribution in [1.29, 1.82) is 0 Å². The lowest BCUT2D eigenvalue weighted by molar-refractivity contribution is 0.233. The number of likely N-dealkylation sites (N-methyl/N-ethyl adjacent to an activating group) is 1. The molecule has 0 aliphatic carbocycles. The lowest BCUT2D eigenvalue weighted by atomic mass is 9.86. The molecule has 0 bridgehead atoms. The van der Waals surface area contributed by atoms with E-state index >= 15 is 0 Å². The number of piperazine rings is 1. The molecule has 4 nitrogen and oxygen atoms in total. The fourth-order valence-corrected chi connectivity index (χ4v) is 4.16. The third-order valence-electron chi connectivity index (χ3n) is 4.98. The second-order valence-electron chi connectivity index (χ2n) is 8.17. The molecule has 5 heteroatoms. The van der Waals surface area contributed by atoms with Crippen molar-refractivity contribution in [3.8, 4) is 11.5 Å². The molecule has 1 N–H and O–H groups in total. The average molecular weight is 370 g/mol. The minimum absolute atomic E-state index is 0.125. The highest BCUT2D eigenvalue weighted by molar-refractivity contribution is 7.97. The molecule has 1 saturated heterocycles. The minimum atomic E-state index is 0.125. The van der Waals surface area contributed by atoms with Crippen molar-refractivity contribution in [2.75, 3.05) is 38.5 Å². The van der Waals surface area contributed by atoms with Crippen LogP contribution in [0.5, 0.6) is 11.5 Å². The van der Waals surface area contributed by atoms with Gasteiger partial charge in [0, 0.05) is 31.1 Å². The Labute approximate surface area is 160 Å². The summed E-state index contributed by atoms with van der Waals surface area (Å²) < 4.78 is 8.62. The molecule has 0 unspecified atom stereocenters. The molecule has 26 heavy (non-hydrogen) atoms. The first-order valence-corrected chi connectivity index (χ1v) is 10.0. The molecule has 0 aromatic heterocycles. The van der Waals surface area contributed by atoms with Gasteiger partial charge in [0.2, 0.25) is 0 Å². The van der Waals surface area contributed by atoms with Gasteiger partial charge in [-0.25, -0.2) is 4.31 Å². The summed E-state index contributed by atoms with van der Waals surface area (Å²) in [5, 5.41) is 3.54. The maximum absolute atomic E-state index is 6.19. The number of nitrogens with one attached hydrogen (secondary N) is 1. The Bertz CT molecular complexity index is 807. The van der Waals surface area contributed by atoms with Gasteiger partial charge in [0.15, 0.2) is 11.5 Å². The van der Waals surface area contributed by atoms with Crippen molar-refractivity contribution < 1.29 is 4.74 Å². The van der Waals surface area contributed by atoms with Gasteiger partial charge in [-0.2, -0.15) is 0 Å². The largest absolute Gasteiger partial charge is 0.453 e. The van der Waals surface area contributed by atoms with E-state index in [9.17, 15) is 0 Å². The fourth-order valence-electron chi connectivity index (χ4n) is 3.22. The molecule has 0 spiro atoms. The maximum Gasteiger partial charge on any atom is 0.152 e. The van der Waals surface area contributed by atoms with Gasteiger partial charge in [-0.1, -0.05) is 26.8 Å². The highest BCUT2D eigenvalue weighted by atomic mass is 32.2. The van der Waals surface area contributed by atoms with Gasteiger partial charge in [-0.05, 0) is 60.3 Å². The Morgan fingerprint density at radius 3 is 2.42 bits per heavy atom. The zero-order valence-corrected chi connectivity index (χ0v) is 16.8. The topological polar surface area (TPSA) is 27.7 Å². The van der Waals surface area contributed by atoms with E-state index in [1.54, 1.807) is 0 Å². The van der Waals surface area contributed by atoms with Crippen molar-refractivity contribution >= 4 is 23.3 Å². The summed E-state index contributed by atoms with van der Waals surface area (Å²) in [5.74, 6) is 1.80. The smallest absolute Gasteiger partial charge is 0.152 e. The van der Waals surface area contributed by atoms with Crippen LogP contribution in [0.3, 0.4) is 0 Å². The zero-order valence-electron chi connectivity index (χ0n) is 16.0. The number of hydrogen-bond acceptors (Lipinski definition) is 5. The third-order valence-corrected chi connectivity index (χ3v) is 6.07. The van der Waals surface area contributed by atoms with Crippen molar-refractivity contribution in [1.82, 2.24) is 9.21 Å². The molecule has 0 radical (unpaired) electrons. The van der Waals surface area contributed by atoms with Gasteiger partial charge in [0.05, 0.1) is 11.4 Å². The maximum atomic E-state index is 6.19. The Kier molecular flexibility index (Phi) is 4.63. The number of rotatable bonds is 2. The van der Waals surface area contributed by atoms with Crippen LogP contribution in [0, 0.1) is 0 Å². The first kappa shape index (κ1) is 17.7. The summed E-state index contributed by atoms with van der Waals surface area (Å²) in [6.07, 6.45) is 0. The standard InChI is InChI=1S/C21H27N3OS/c1-21(2,3)15-5-8-19-18(13-15)22-17-7-6-16(14-20(17)25-19)26-24-11-9-23(4)10-12-24/h5-8,13-14,22H,9-12H2,1-4H3. The van der Waals surface area contributed by atoms with Crippen molar-refractivity contribution in [2.45, 2.75) is 31.1 Å². The van der Waals surface area contributed by atoms with Crippen LogP contribution in [0.2, 0.25) is 0 Å². The summed E-state index contributed by atoms with van der Waals surface area (Å²) >= 11 is 1.83. The fraction of sp³-hybridized carbons (Fsp3) is 0.429. The summed E-state index contributed by atoms with van der Waals surface area (Å²) in [4.78, 5) is 3.60. The molecule has 1 fully saturated rings. The Morgan fingerprint density at radius 2 is 1.69 bits per heavy atom. The molecule has 0 atom stereocenters. The van der Waals surface area contributed by atoms with Crippen LogP contribution in [-0.2, 0) is 5.41 Å².